The Morgan fingerprint density at radius 1 is 1.39 bits per heavy atom. The van der Waals surface area contributed by atoms with Gasteiger partial charge >= 0.3 is 0 Å². The molecule has 0 unspecified atom stereocenters. The Hall–Kier alpha value is -1.09. The molecule has 0 aliphatic carbocycles. The van der Waals surface area contributed by atoms with Crippen molar-refractivity contribution in [2.75, 3.05) is 24.5 Å². The lowest BCUT2D eigenvalue weighted by atomic mass is 9.93. The summed E-state index contributed by atoms with van der Waals surface area (Å²) in [6.07, 6.45) is 4.44. The maximum Gasteiger partial charge on any atom is 0.128 e. The minimum Gasteiger partial charge on any atom is -0.356 e. The third-order valence-electron chi connectivity index (χ3n) is 3.57. The van der Waals surface area contributed by atoms with Gasteiger partial charge in [0.1, 0.15) is 5.82 Å². The van der Waals surface area contributed by atoms with Gasteiger partial charge in [0, 0.05) is 25.8 Å². The molecule has 1 saturated heterocycles. The van der Waals surface area contributed by atoms with Crippen LogP contribution in [0.2, 0.25) is 0 Å². The van der Waals surface area contributed by atoms with Crippen molar-refractivity contribution in [2.24, 2.45) is 5.41 Å². The second-order valence-electron chi connectivity index (χ2n) is 6.04. The smallest absolute Gasteiger partial charge is 0.128 e. The maximum absolute atomic E-state index is 4.59. The van der Waals surface area contributed by atoms with Gasteiger partial charge in [-0.1, -0.05) is 26.8 Å². The van der Waals surface area contributed by atoms with Gasteiger partial charge in [0.2, 0.25) is 0 Å². The Kier molecular flexibility index (Phi) is 4.23. The van der Waals surface area contributed by atoms with Crippen molar-refractivity contribution in [1.29, 1.82) is 0 Å². The van der Waals surface area contributed by atoms with Gasteiger partial charge in [0.25, 0.3) is 0 Å². The average Bonchev–Trinajstić information content (AvgIpc) is 2.71. The number of rotatable bonds is 5. The van der Waals surface area contributed by atoms with E-state index < -0.39 is 0 Å². The number of hydrogen-bond donors (Lipinski definition) is 1. The molecule has 1 fully saturated rings. The molecule has 3 heteroatoms. The normalized spacial score (nSPS) is 18.3. The van der Waals surface area contributed by atoms with Crippen molar-refractivity contribution in [1.82, 2.24) is 10.3 Å². The van der Waals surface area contributed by atoms with Gasteiger partial charge in [-0.05, 0) is 36.4 Å². The number of pyridine rings is 1. The second kappa shape index (κ2) is 5.70. The zero-order valence-corrected chi connectivity index (χ0v) is 11.9. The molecule has 3 nitrogen and oxygen atoms in total. The Morgan fingerprint density at radius 2 is 2.22 bits per heavy atom. The van der Waals surface area contributed by atoms with Crippen molar-refractivity contribution >= 4 is 5.82 Å². The molecule has 1 aromatic heterocycles. The van der Waals surface area contributed by atoms with Crippen molar-refractivity contribution in [3.05, 3.63) is 23.9 Å². The Morgan fingerprint density at radius 3 is 2.78 bits per heavy atom. The molecule has 0 bridgehead atoms. The van der Waals surface area contributed by atoms with E-state index in [0.29, 0.717) is 5.41 Å². The molecule has 1 aromatic rings. The number of anilines is 1. The first-order valence-corrected chi connectivity index (χ1v) is 7.01. The van der Waals surface area contributed by atoms with Gasteiger partial charge in [-0.2, -0.15) is 0 Å². The zero-order valence-electron chi connectivity index (χ0n) is 11.9. The number of nitrogens with one attached hydrogen (secondary N) is 1. The monoisotopic (exact) mass is 247 g/mol. The molecule has 18 heavy (non-hydrogen) atoms. The summed E-state index contributed by atoms with van der Waals surface area (Å²) in [5, 5.41) is 3.40. The van der Waals surface area contributed by atoms with Crippen molar-refractivity contribution in [3.8, 4) is 0 Å². The average molecular weight is 247 g/mol. The lowest BCUT2D eigenvalue weighted by Gasteiger charge is -2.20. The molecule has 1 N–H and O–H groups in total. The first kappa shape index (κ1) is 13.3. The van der Waals surface area contributed by atoms with Gasteiger partial charge in [-0.25, -0.2) is 4.98 Å². The highest BCUT2D eigenvalue weighted by atomic mass is 15.2. The van der Waals surface area contributed by atoms with E-state index in [1.165, 1.54) is 18.4 Å². The summed E-state index contributed by atoms with van der Waals surface area (Å²) in [5.41, 5.74) is 1.70. The van der Waals surface area contributed by atoms with Gasteiger partial charge in [0.05, 0.1) is 0 Å². The topological polar surface area (TPSA) is 28.2 Å². The molecule has 100 valence electrons. The molecule has 2 rings (SSSR count). The van der Waals surface area contributed by atoms with Crippen LogP contribution in [-0.4, -0.2) is 24.6 Å². The lowest BCUT2D eigenvalue weighted by Crippen LogP contribution is -2.23. The molecule has 0 radical (unpaired) electrons. The molecule has 0 saturated carbocycles. The summed E-state index contributed by atoms with van der Waals surface area (Å²) in [5.74, 6) is 1.12. The van der Waals surface area contributed by atoms with Crippen LogP contribution in [0.25, 0.3) is 0 Å². The molecular formula is C15H25N3. The largest absolute Gasteiger partial charge is 0.356 e. The van der Waals surface area contributed by atoms with Crippen molar-refractivity contribution in [2.45, 2.75) is 40.2 Å². The van der Waals surface area contributed by atoms with Crippen LogP contribution in [0.3, 0.4) is 0 Å². The predicted octanol–water partition coefficient (Wildman–Crippen LogP) is 2.82. The number of nitrogens with zero attached hydrogens (tertiary/aromatic N) is 2. The molecule has 0 aromatic carbocycles. The van der Waals surface area contributed by atoms with Crippen molar-refractivity contribution < 1.29 is 0 Å². The SMILES string of the molecule is CCCNCc1ccc(N2CCC(C)(C)C2)nc1. The van der Waals surface area contributed by atoms with E-state index in [4.69, 9.17) is 0 Å². The molecule has 2 heterocycles. The van der Waals surface area contributed by atoms with Crippen LogP contribution in [0.1, 0.15) is 39.2 Å². The van der Waals surface area contributed by atoms with E-state index in [-0.39, 0.29) is 0 Å². The summed E-state index contributed by atoms with van der Waals surface area (Å²) in [4.78, 5) is 6.98. The fourth-order valence-corrected chi connectivity index (χ4v) is 2.43. The predicted molar refractivity (Wildman–Crippen MR) is 76.8 cm³/mol. The first-order valence-electron chi connectivity index (χ1n) is 7.01. The third-order valence-corrected chi connectivity index (χ3v) is 3.57. The molecule has 1 aliphatic heterocycles. The van der Waals surface area contributed by atoms with E-state index in [1.807, 2.05) is 6.20 Å². The van der Waals surface area contributed by atoms with Gasteiger partial charge < -0.3 is 10.2 Å². The lowest BCUT2D eigenvalue weighted by molar-refractivity contribution is 0.418. The Balaban J connectivity index is 1.92. The summed E-state index contributed by atoms with van der Waals surface area (Å²) in [6.45, 7) is 11.1. The van der Waals surface area contributed by atoms with Crippen LogP contribution < -0.4 is 10.2 Å². The van der Waals surface area contributed by atoms with Crippen LogP contribution >= 0.6 is 0 Å². The number of aromatic nitrogens is 1. The summed E-state index contributed by atoms with van der Waals surface area (Å²) in [7, 11) is 0. The number of hydrogen-bond acceptors (Lipinski definition) is 3. The third kappa shape index (κ3) is 3.45. The fraction of sp³-hybridized carbons (Fsp3) is 0.667. The highest BCUT2D eigenvalue weighted by molar-refractivity contribution is 5.41. The quantitative estimate of drug-likeness (QED) is 0.811. The second-order valence-corrected chi connectivity index (χ2v) is 6.04. The van der Waals surface area contributed by atoms with Gasteiger partial charge in [-0.15, -0.1) is 0 Å². The maximum atomic E-state index is 4.59. The summed E-state index contributed by atoms with van der Waals surface area (Å²) >= 11 is 0. The van der Waals surface area contributed by atoms with Crippen LogP contribution in [0.5, 0.6) is 0 Å². The van der Waals surface area contributed by atoms with E-state index in [2.05, 4.69) is 48.1 Å². The van der Waals surface area contributed by atoms with Crippen LogP contribution in [-0.2, 0) is 6.54 Å². The van der Waals surface area contributed by atoms with E-state index in [1.54, 1.807) is 0 Å². The molecular weight excluding hydrogens is 222 g/mol. The zero-order chi connectivity index (χ0) is 13.0. The summed E-state index contributed by atoms with van der Waals surface area (Å²) in [6, 6.07) is 4.35. The van der Waals surface area contributed by atoms with Crippen LogP contribution in [0.15, 0.2) is 18.3 Å². The van der Waals surface area contributed by atoms with Crippen LogP contribution in [0.4, 0.5) is 5.82 Å². The Bertz CT molecular complexity index is 370. The highest BCUT2D eigenvalue weighted by Gasteiger charge is 2.29. The molecule has 0 amide bonds. The van der Waals surface area contributed by atoms with E-state index in [0.717, 1.165) is 32.0 Å². The van der Waals surface area contributed by atoms with Crippen molar-refractivity contribution in [3.63, 3.8) is 0 Å². The summed E-state index contributed by atoms with van der Waals surface area (Å²) < 4.78 is 0. The standard InChI is InChI=1S/C15H25N3/c1-4-8-16-10-13-5-6-14(17-11-13)18-9-7-15(2,3)12-18/h5-6,11,16H,4,7-10,12H2,1-3H3. The molecule has 0 spiro atoms. The van der Waals surface area contributed by atoms with Gasteiger partial charge in [-0.3, -0.25) is 0 Å². The van der Waals surface area contributed by atoms with Gasteiger partial charge in [0.15, 0.2) is 0 Å². The minimum absolute atomic E-state index is 0.434. The minimum atomic E-state index is 0.434. The fourth-order valence-electron chi connectivity index (χ4n) is 2.43. The first-order chi connectivity index (χ1) is 8.61. The highest BCUT2D eigenvalue weighted by Crippen LogP contribution is 2.31. The molecule has 1 aliphatic rings. The molecule has 0 atom stereocenters. The Labute approximate surface area is 111 Å². The van der Waals surface area contributed by atoms with E-state index >= 15 is 0 Å². The van der Waals surface area contributed by atoms with Crippen LogP contribution in [0, 0.1) is 5.41 Å². The van der Waals surface area contributed by atoms with E-state index in [9.17, 15) is 0 Å².